The Bertz CT molecular complexity index is 1610. The normalized spacial score (nSPS) is 11.6. The molecule has 198 valence electrons. The van der Waals surface area contributed by atoms with Crippen molar-refractivity contribution >= 4 is 28.5 Å². The number of amides is 1. The topological polar surface area (TPSA) is 80.1 Å². The number of carbonyl (C=O) groups is 1. The van der Waals surface area contributed by atoms with Crippen molar-refractivity contribution in [3.63, 3.8) is 0 Å². The molecular formula is C30H25F3N4O2. The Labute approximate surface area is 222 Å². The van der Waals surface area contributed by atoms with Gasteiger partial charge in [0.15, 0.2) is 0 Å². The van der Waals surface area contributed by atoms with E-state index in [1.165, 1.54) is 18.5 Å². The molecule has 0 spiro atoms. The smallest absolute Gasteiger partial charge is 0.416 e. The van der Waals surface area contributed by atoms with Crippen LogP contribution < -0.4 is 10.6 Å². The average Bonchev–Trinajstić information content (AvgIpc) is 3.32. The van der Waals surface area contributed by atoms with Crippen LogP contribution >= 0.6 is 0 Å². The highest BCUT2D eigenvalue weighted by molar-refractivity contribution is 6.06. The molecule has 0 bridgehead atoms. The number of carbonyl (C=O) groups excluding carboxylic acids is 1. The molecule has 0 radical (unpaired) electrons. The maximum absolute atomic E-state index is 13.0. The lowest BCUT2D eigenvalue weighted by atomic mass is 9.99. The molecule has 0 unspecified atom stereocenters. The van der Waals surface area contributed by atoms with Gasteiger partial charge >= 0.3 is 6.18 Å². The zero-order valence-electron chi connectivity index (χ0n) is 21.2. The van der Waals surface area contributed by atoms with Crippen molar-refractivity contribution in [2.45, 2.75) is 20.0 Å². The summed E-state index contributed by atoms with van der Waals surface area (Å²) in [6, 6.07) is 21.0. The minimum atomic E-state index is -4.53. The number of anilines is 2. The molecule has 2 aromatic heterocycles. The standard InChI is InChI=1S/C30H25F3N4O2/c1-18(2)16-34-27-25-24(19-7-4-3-5-8-19)26(39-29(25)36-17-35-27)20-11-13-23(14-12-20)37-28(38)21-9-6-10-22(15-21)30(31,32)33/h3-15,17-18H,16H2,1-2H3,(H,37,38)(H,34,35,36). The lowest BCUT2D eigenvalue weighted by Crippen LogP contribution is -2.13. The Morgan fingerprint density at radius 2 is 1.67 bits per heavy atom. The van der Waals surface area contributed by atoms with Crippen molar-refractivity contribution in [3.8, 4) is 22.5 Å². The minimum Gasteiger partial charge on any atom is -0.437 e. The number of alkyl halides is 3. The molecule has 9 heteroatoms. The summed E-state index contributed by atoms with van der Waals surface area (Å²) in [7, 11) is 0. The Morgan fingerprint density at radius 3 is 2.36 bits per heavy atom. The van der Waals surface area contributed by atoms with Crippen molar-refractivity contribution in [3.05, 3.63) is 96.3 Å². The van der Waals surface area contributed by atoms with E-state index in [2.05, 4.69) is 34.4 Å². The number of halogens is 3. The first-order chi connectivity index (χ1) is 18.7. The maximum atomic E-state index is 13.0. The summed E-state index contributed by atoms with van der Waals surface area (Å²) in [4.78, 5) is 21.5. The van der Waals surface area contributed by atoms with Gasteiger partial charge in [0.2, 0.25) is 5.71 Å². The molecule has 2 N–H and O–H groups in total. The van der Waals surface area contributed by atoms with Gasteiger partial charge in [-0.25, -0.2) is 9.97 Å². The quantitative estimate of drug-likeness (QED) is 0.224. The second-order valence-corrected chi connectivity index (χ2v) is 9.46. The predicted molar refractivity (Wildman–Crippen MR) is 145 cm³/mol. The molecule has 0 aliphatic heterocycles. The van der Waals surface area contributed by atoms with Gasteiger partial charge in [-0.2, -0.15) is 13.2 Å². The highest BCUT2D eigenvalue weighted by atomic mass is 19.4. The molecule has 5 aromatic rings. The summed E-state index contributed by atoms with van der Waals surface area (Å²) in [5.74, 6) is 1.02. The van der Waals surface area contributed by atoms with Crippen LogP contribution in [-0.2, 0) is 6.18 Å². The van der Waals surface area contributed by atoms with Gasteiger partial charge in [-0.15, -0.1) is 0 Å². The van der Waals surface area contributed by atoms with E-state index in [1.807, 2.05) is 30.3 Å². The van der Waals surface area contributed by atoms with Crippen LogP contribution in [0.25, 0.3) is 33.6 Å². The zero-order valence-corrected chi connectivity index (χ0v) is 21.2. The highest BCUT2D eigenvalue weighted by Gasteiger charge is 2.31. The van der Waals surface area contributed by atoms with Crippen LogP contribution in [0.3, 0.4) is 0 Å². The van der Waals surface area contributed by atoms with Crippen LogP contribution in [0.4, 0.5) is 24.7 Å². The van der Waals surface area contributed by atoms with Crippen LogP contribution in [0.15, 0.2) is 89.6 Å². The van der Waals surface area contributed by atoms with Crippen LogP contribution in [-0.4, -0.2) is 22.4 Å². The third-order valence-electron chi connectivity index (χ3n) is 6.09. The van der Waals surface area contributed by atoms with Gasteiger partial charge < -0.3 is 15.1 Å². The fourth-order valence-electron chi connectivity index (χ4n) is 4.20. The van der Waals surface area contributed by atoms with Gasteiger partial charge in [0, 0.05) is 28.9 Å². The number of hydrogen-bond acceptors (Lipinski definition) is 5. The second-order valence-electron chi connectivity index (χ2n) is 9.46. The molecule has 0 saturated heterocycles. The summed E-state index contributed by atoms with van der Waals surface area (Å²) in [6.07, 6.45) is -3.07. The lowest BCUT2D eigenvalue weighted by Gasteiger charge is -2.11. The number of fused-ring (bicyclic) bond motifs is 1. The zero-order chi connectivity index (χ0) is 27.6. The third kappa shape index (κ3) is 5.62. The highest BCUT2D eigenvalue weighted by Crippen LogP contribution is 2.42. The fraction of sp³-hybridized carbons (Fsp3) is 0.167. The van der Waals surface area contributed by atoms with Crippen molar-refractivity contribution in [1.82, 2.24) is 9.97 Å². The first-order valence-corrected chi connectivity index (χ1v) is 12.4. The molecule has 1 amide bonds. The first-order valence-electron chi connectivity index (χ1n) is 12.4. The van der Waals surface area contributed by atoms with E-state index >= 15 is 0 Å². The molecule has 3 aromatic carbocycles. The first kappa shape index (κ1) is 26.0. The number of rotatable bonds is 7. The van der Waals surface area contributed by atoms with Gasteiger partial charge in [0.25, 0.3) is 5.91 Å². The summed E-state index contributed by atoms with van der Waals surface area (Å²) >= 11 is 0. The van der Waals surface area contributed by atoms with Crippen LogP contribution in [0.1, 0.15) is 29.8 Å². The second kappa shape index (κ2) is 10.6. The van der Waals surface area contributed by atoms with Gasteiger partial charge in [0.05, 0.1) is 10.9 Å². The SMILES string of the molecule is CC(C)CNc1ncnc2oc(-c3ccc(NC(=O)c4cccc(C(F)(F)F)c4)cc3)c(-c3ccccc3)c12. The van der Waals surface area contributed by atoms with Gasteiger partial charge in [-0.3, -0.25) is 4.79 Å². The summed E-state index contributed by atoms with van der Waals surface area (Å²) < 4.78 is 45.4. The largest absolute Gasteiger partial charge is 0.437 e. The van der Waals surface area contributed by atoms with E-state index in [0.29, 0.717) is 28.9 Å². The Balaban J connectivity index is 1.49. The lowest BCUT2D eigenvalue weighted by molar-refractivity contribution is -0.137. The van der Waals surface area contributed by atoms with E-state index in [0.717, 1.165) is 40.8 Å². The summed E-state index contributed by atoms with van der Waals surface area (Å²) in [6.45, 7) is 4.94. The molecular weight excluding hydrogens is 505 g/mol. The van der Waals surface area contributed by atoms with Gasteiger partial charge in [0.1, 0.15) is 17.9 Å². The molecule has 0 aliphatic carbocycles. The number of benzene rings is 3. The number of nitrogens with one attached hydrogen (secondary N) is 2. The average molecular weight is 531 g/mol. The Kier molecular flexibility index (Phi) is 7.06. The molecule has 2 heterocycles. The van der Waals surface area contributed by atoms with Crippen molar-refractivity contribution < 1.29 is 22.4 Å². The van der Waals surface area contributed by atoms with Crippen molar-refractivity contribution in [2.75, 3.05) is 17.2 Å². The summed E-state index contributed by atoms with van der Waals surface area (Å²) in [5.41, 5.74) is 2.39. The Morgan fingerprint density at radius 1 is 0.923 bits per heavy atom. The third-order valence-corrected chi connectivity index (χ3v) is 6.09. The van der Waals surface area contributed by atoms with E-state index in [1.54, 1.807) is 24.3 Å². The van der Waals surface area contributed by atoms with E-state index in [4.69, 9.17) is 4.42 Å². The Hall–Kier alpha value is -4.66. The van der Waals surface area contributed by atoms with Crippen LogP contribution in [0.5, 0.6) is 0 Å². The molecule has 0 saturated carbocycles. The predicted octanol–water partition coefficient (Wildman–Crippen LogP) is 7.90. The number of aromatic nitrogens is 2. The number of nitrogens with zero attached hydrogens (tertiary/aromatic N) is 2. The van der Waals surface area contributed by atoms with E-state index in [9.17, 15) is 18.0 Å². The minimum absolute atomic E-state index is 0.0856. The van der Waals surface area contributed by atoms with Crippen molar-refractivity contribution in [2.24, 2.45) is 5.92 Å². The molecule has 6 nitrogen and oxygen atoms in total. The summed E-state index contributed by atoms with van der Waals surface area (Å²) in [5, 5.41) is 6.81. The molecule has 39 heavy (non-hydrogen) atoms. The van der Waals surface area contributed by atoms with Gasteiger partial charge in [-0.05, 0) is 53.9 Å². The molecule has 5 rings (SSSR count). The van der Waals surface area contributed by atoms with E-state index < -0.39 is 17.6 Å². The number of furan rings is 1. The fourth-order valence-corrected chi connectivity index (χ4v) is 4.20. The molecule has 0 fully saturated rings. The molecule has 0 atom stereocenters. The van der Waals surface area contributed by atoms with Crippen LogP contribution in [0, 0.1) is 5.92 Å². The monoisotopic (exact) mass is 530 g/mol. The maximum Gasteiger partial charge on any atom is 0.416 e. The van der Waals surface area contributed by atoms with E-state index in [-0.39, 0.29) is 5.56 Å². The van der Waals surface area contributed by atoms with Gasteiger partial charge in [-0.1, -0.05) is 50.2 Å². The van der Waals surface area contributed by atoms with Crippen molar-refractivity contribution in [1.29, 1.82) is 0 Å². The number of hydrogen-bond donors (Lipinski definition) is 2. The van der Waals surface area contributed by atoms with Crippen LogP contribution in [0.2, 0.25) is 0 Å². The molecule has 0 aliphatic rings.